The summed E-state index contributed by atoms with van der Waals surface area (Å²) in [6.45, 7) is 4.64. The number of benzene rings is 1. The predicted molar refractivity (Wildman–Crippen MR) is 77.9 cm³/mol. The molecule has 1 atom stereocenters. The summed E-state index contributed by atoms with van der Waals surface area (Å²) in [4.78, 5) is 1.98. The smallest absolute Gasteiger partial charge is 0.124 e. The van der Waals surface area contributed by atoms with Crippen LogP contribution in [0.15, 0.2) is 24.3 Å². The van der Waals surface area contributed by atoms with Crippen molar-refractivity contribution in [1.82, 2.24) is 4.90 Å². The highest BCUT2D eigenvalue weighted by Crippen LogP contribution is 2.17. The fourth-order valence-electron chi connectivity index (χ4n) is 2.00. The summed E-state index contributed by atoms with van der Waals surface area (Å²) in [6, 6.07) is 7.66. The number of hydrogen-bond acceptors (Lipinski definition) is 5. The number of para-hydroxylation sites is 1. The maximum absolute atomic E-state index is 9.90. The Morgan fingerprint density at radius 1 is 1.30 bits per heavy atom. The minimum atomic E-state index is -0.559. The average Bonchev–Trinajstić information content (AvgIpc) is 2.47. The molecule has 5 heteroatoms. The average molecular weight is 283 g/mol. The molecule has 0 spiro atoms. The van der Waals surface area contributed by atoms with Gasteiger partial charge in [-0.3, -0.25) is 4.90 Å². The van der Waals surface area contributed by atoms with Crippen LogP contribution in [-0.2, 0) is 11.3 Å². The molecule has 0 fully saturated rings. The Balaban J connectivity index is 2.32. The maximum atomic E-state index is 9.90. The van der Waals surface area contributed by atoms with E-state index in [1.54, 1.807) is 7.11 Å². The van der Waals surface area contributed by atoms with Crippen molar-refractivity contribution in [3.8, 4) is 5.75 Å². The van der Waals surface area contributed by atoms with Crippen molar-refractivity contribution in [2.24, 2.45) is 0 Å². The summed E-state index contributed by atoms with van der Waals surface area (Å²) >= 11 is 0. The third-order valence-electron chi connectivity index (χ3n) is 3.09. The minimum Gasteiger partial charge on any atom is -0.496 e. The fourth-order valence-corrected chi connectivity index (χ4v) is 2.00. The topological polar surface area (TPSA) is 62.2 Å². The Morgan fingerprint density at radius 3 is 2.70 bits per heavy atom. The second kappa shape index (κ2) is 9.72. The summed E-state index contributed by atoms with van der Waals surface area (Å²) < 4.78 is 10.8. The van der Waals surface area contributed by atoms with Crippen LogP contribution in [0, 0.1) is 0 Å². The van der Waals surface area contributed by atoms with Crippen LogP contribution in [0.1, 0.15) is 12.5 Å². The number of hydrogen-bond donors (Lipinski definition) is 2. The number of nitrogens with zero attached hydrogens (tertiary/aromatic N) is 1. The Kier molecular flexibility index (Phi) is 8.22. The largest absolute Gasteiger partial charge is 0.496 e. The highest BCUT2D eigenvalue weighted by Gasteiger charge is 2.10. The fraction of sp³-hybridized carbons (Fsp3) is 0.600. The summed E-state index contributed by atoms with van der Waals surface area (Å²) in [6.07, 6.45) is -0.559. The normalized spacial score (nSPS) is 12.7. The highest BCUT2D eigenvalue weighted by molar-refractivity contribution is 5.32. The van der Waals surface area contributed by atoms with Crippen LogP contribution in [0.5, 0.6) is 5.75 Å². The van der Waals surface area contributed by atoms with Crippen LogP contribution in [0.4, 0.5) is 0 Å². The molecule has 0 aliphatic carbocycles. The molecule has 1 aromatic carbocycles. The predicted octanol–water partition coefficient (Wildman–Crippen LogP) is 0.887. The lowest BCUT2D eigenvalue weighted by atomic mass is 10.2. The quantitative estimate of drug-likeness (QED) is 0.667. The monoisotopic (exact) mass is 283 g/mol. The van der Waals surface area contributed by atoms with E-state index in [4.69, 9.17) is 14.6 Å². The maximum Gasteiger partial charge on any atom is 0.124 e. The van der Waals surface area contributed by atoms with Crippen molar-refractivity contribution in [1.29, 1.82) is 0 Å². The van der Waals surface area contributed by atoms with E-state index < -0.39 is 6.10 Å². The molecule has 0 amide bonds. The summed E-state index contributed by atoms with van der Waals surface area (Å²) in [5, 5.41) is 18.8. The summed E-state index contributed by atoms with van der Waals surface area (Å²) in [5.74, 6) is 0.789. The van der Waals surface area contributed by atoms with Crippen LogP contribution >= 0.6 is 0 Å². The molecule has 0 bridgehead atoms. The van der Waals surface area contributed by atoms with Gasteiger partial charge in [-0.05, 0) is 12.6 Å². The van der Waals surface area contributed by atoms with E-state index >= 15 is 0 Å². The number of aliphatic hydroxyl groups excluding tert-OH is 2. The van der Waals surface area contributed by atoms with Crippen molar-refractivity contribution in [3.05, 3.63) is 29.8 Å². The zero-order valence-electron chi connectivity index (χ0n) is 12.3. The Bertz CT molecular complexity index is 373. The van der Waals surface area contributed by atoms with Gasteiger partial charge in [0.25, 0.3) is 0 Å². The van der Waals surface area contributed by atoms with E-state index in [0.717, 1.165) is 17.9 Å². The molecule has 0 aliphatic rings. The molecule has 1 aromatic rings. The Hall–Kier alpha value is -1.14. The first-order valence-corrected chi connectivity index (χ1v) is 6.92. The molecule has 0 radical (unpaired) electrons. The standard InChI is InChI=1S/C15H25NO4/c1-3-16(8-9-17)10-14(18)12-20-11-13-6-4-5-7-15(13)19-2/h4-7,14,17-18H,3,8-12H2,1-2H3. The molecule has 0 heterocycles. The van der Waals surface area contributed by atoms with Gasteiger partial charge in [0.2, 0.25) is 0 Å². The van der Waals surface area contributed by atoms with Gasteiger partial charge in [0.1, 0.15) is 5.75 Å². The van der Waals surface area contributed by atoms with E-state index in [9.17, 15) is 5.11 Å². The van der Waals surface area contributed by atoms with Gasteiger partial charge in [-0.25, -0.2) is 0 Å². The lowest BCUT2D eigenvalue weighted by Gasteiger charge is -2.22. The Morgan fingerprint density at radius 2 is 2.05 bits per heavy atom. The van der Waals surface area contributed by atoms with Crippen LogP contribution in [-0.4, -0.2) is 61.2 Å². The molecule has 0 aliphatic heterocycles. The second-order valence-corrected chi connectivity index (χ2v) is 4.60. The van der Waals surface area contributed by atoms with Gasteiger partial charge >= 0.3 is 0 Å². The number of likely N-dealkylation sites (N-methyl/N-ethyl adjacent to an activating group) is 1. The Labute approximate surface area is 120 Å². The molecule has 20 heavy (non-hydrogen) atoms. The molecule has 1 rings (SSSR count). The lowest BCUT2D eigenvalue weighted by Crippen LogP contribution is -2.36. The van der Waals surface area contributed by atoms with E-state index in [2.05, 4.69) is 0 Å². The molecular weight excluding hydrogens is 258 g/mol. The molecule has 2 N–H and O–H groups in total. The van der Waals surface area contributed by atoms with E-state index in [0.29, 0.717) is 19.7 Å². The van der Waals surface area contributed by atoms with Crippen molar-refractivity contribution >= 4 is 0 Å². The van der Waals surface area contributed by atoms with Gasteiger partial charge in [0, 0.05) is 18.7 Å². The van der Waals surface area contributed by atoms with E-state index in [-0.39, 0.29) is 13.2 Å². The molecule has 0 saturated carbocycles. The molecule has 0 saturated heterocycles. The molecule has 0 aromatic heterocycles. The molecule has 1 unspecified atom stereocenters. The van der Waals surface area contributed by atoms with Crippen molar-refractivity contribution in [2.75, 3.05) is 40.0 Å². The van der Waals surface area contributed by atoms with Crippen LogP contribution in [0.3, 0.4) is 0 Å². The molecule has 5 nitrogen and oxygen atoms in total. The number of aliphatic hydroxyl groups is 2. The highest BCUT2D eigenvalue weighted by atomic mass is 16.5. The van der Waals surface area contributed by atoms with Gasteiger partial charge in [-0.1, -0.05) is 25.1 Å². The zero-order valence-corrected chi connectivity index (χ0v) is 12.3. The molecular formula is C15H25NO4. The van der Waals surface area contributed by atoms with Crippen LogP contribution < -0.4 is 4.74 Å². The summed E-state index contributed by atoms with van der Waals surface area (Å²) in [7, 11) is 1.63. The number of ether oxygens (including phenoxy) is 2. The minimum absolute atomic E-state index is 0.0998. The van der Waals surface area contributed by atoms with Crippen LogP contribution in [0.25, 0.3) is 0 Å². The first kappa shape index (κ1) is 16.9. The van der Waals surface area contributed by atoms with E-state index in [1.165, 1.54) is 0 Å². The van der Waals surface area contributed by atoms with Crippen molar-refractivity contribution < 1.29 is 19.7 Å². The molecule has 114 valence electrons. The van der Waals surface area contributed by atoms with Gasteiger partial charge < -0.3 is 19.7 Å². The summed E-state index contributed by atoms with van der Waals surface area (Å²) in [5.41, 5.74) is 0.963. The number of methoxy groups -OCH3 is 1. The third kappa shape index (κ3) is 5.88. The first-order chi connectivity index (χ1) is 9.71. The van der Waals surface area contributed by atoms with E-state index in [1.807, 2.05) is 36.1 Å². The van der Waals surface area contributed by atoms with Crippen molar-refractivity contribution in [2.45, 2.75) is 19.6 Å². The number of rotatable bonds is 10. The van der Waals surface area contributed by atoms with Gasteiger partial charge in [0.05, 0.1) is 33.0 Å². The second-order valence-electron chi connectivity index (χ2n) is 4.60. The lowest BCUT2D eigenvalue weighted by molar-refractivity contribution is 0.00806. The van der Waals surface area contributed by atoms with Gasteiger partial charge in [-0.15, -0.1) is 0 Å². The zero-order chi connectivity index (χ0) is 14.8. The van der Waals surface area contributed by atoms with Gasteiger partial charge in [0.15, 0.2) is 0 Å². The van der Waals surface area contributed by atoms with Gasteiger partial charge in [-0.2, -0.15) is 0 Å². The third-order valence-corrected chi connectivity index (χ3v) is 3.09. The first-order valence-electron chi connectivity index (χ1n) is 6.92. The van der Waals surface area contributed by atoms with Crippen LogP contribution in [0.2, 0.25) is 0 Å². The SMILES string of the molecule is CCN(CCO)CC(O)COCc1ccccc1OC. The van der Waals surface area contributed by atoms with Crippen molar-refractivity contribution in [3.63, 3.8) is 0 Å².